The number of methoxy groups -OCH3 is 1. The fourth-order valence-corrected chi connectivity index (χ4v) is 2.38. The number of ether oxygens (including phenoxy) is 2. The highest BCUT2D eigenvalue weighted by atomic mass is 16.6. The van der Waals surface area contributed by atoms with E-state index in [2.05, 4.69) is 10.5 Å². The number of nitro groups is 1. The second kappa shape index (κ2) is 9.15. The first-order valence-electron chi connectivity index (χ1n) is 8.49. The lowest BCUT2D eigenvalue weighted by Crippen LogP contribution is -2.17. The second-order valence-electron chi connectivity index (χ2n) is 5.78. The molecule has 0 saturated heterocycles. The Labute approximate surface area is 169 Å². The van der Waals surface area contributed by atoms with Crippen molar-refractivity contribution in [1.29, 1.82) is 0 Å². The molecule has 10 nitrogen and oxygen atoms in total. The van der Waals surface area contributed by atoms with Gasteiger partial charge in [-0.3, -0.25) is 14.9 Å². The molecule has 1 amide bonds. The molecular formula is C20H15N3O7. The summed E-state index contributed by atoms with van der Waals surface area (Å²) >= 11 is 0. The summed E-state index contributed by atoms with van der Waals surface area (Å²) < 4.78 is 15.4. The van der Waals surface area contributed by atoms with Crippen LogP contribution in [0, 0.1) is 10.1 Å². The average molecular weight is 409 g/mol. The van der Waals surface area contributed by atoms with E-state index in [9.17, 15) is 19.7 Å². The average Bonchev–Trinajstić information content (AvgIpc) is 3.29. The number of nitrogens with zero attached hydrogens (tertiary/aromatic N) is 2. The minimum atomic E-state index is -0.677. The lowest BCUT2D eigenvalue weighted by molar-refractivity contribution is -0.384. The van der Waals surface area contributed by atoms with Gasteiger partial charge in [0.2, 0.25) is 5.76 Å². The van der Waals surface area contributed by atoms with Crippen LogP contribution >= 0.6 is 0 Å². The number of nitro benzene ring substituents is 1. The smallest absolute Gasteiger partial charge is 0.379 e. The lowest BCUT2D eigenvalue weighted by atomic mass is 10.2. The fourth-order valence-electron chi connectivity index (χ4n) is 2.38. The predicted octanol–water partition coefficient (Wildman–Crippen LogP) is 3.18. The number of hydrogen-bond donors (Lipinski definition) is 1. The minimum absolute atomic E-state index is 0.0477. The van der Waals surface area contributed by atoms with Gasteiger partial charge in [-0.15, -0.1) is 0 Å². The van der Waals surface area contributed by atoms with Crippen LogP contribution in [0.1, 0.15) is 26.5 Å². The third-order valence-electron chi connectivity index (χ3n) is 3.81. The number of hydrogen-bond acceptors (Lipinski definition) is 8. The summed E-state index contributed by atoms with van der Waals surface area (Å²) in [6.45, 7) is 0. The maximum atomic E-state index is 12.1. The molecule has 0 unspecified atom stereocenters. The zero-order chi connectivity index (χ0) is 21.5. The molecule has 3 aromatic rings. The van der Waals surface area contributed by atoms with Crippen molar-refractivity contribution >= 4 is 23.8 Å². The first-order chi connectivity index (χ1) is 14.5. The Kier molecular flexibility index (Phi) is 6.18. The van der Waals surface area contributed by atoms with Gasteiger partial charge in [-0.2, -0.15) is 5.10 Å². The van der Waals surface area contributed by atoms with E-state index in [0.717, 1.165) is 6.07 Å². The Hall–Kier alpha value is -4.47. The van der Waals surface area contributed by atoms with Crippen LogP contribution in [0.5, 0.6) is 11.5 Å². The molecule has 152 valence electrons. The summed E-state index contributed by atoms with van der Waals surface area (Å²) in [5, 5.41) is 14.6. The molecule has 1 aromatic heterocycles. The highest BCUT2D eigenvalue weighted by molar-refractivity contribution is 5.95. The SMILES string of the molecule is COc1cc(C=NNC(=O)c2cccc([N+](=O)[O-])c2)ccc1OC(=O)c1ccco1. The van der Waals surface area contributed by atoms with Crippen LogP contribution in [0.4, 0.5) is 5.69 Å². The highest BCUT2D eigenvalue weighted by Crippen LogP contribution is 2.28. The normalized spacial score (nSPS) is 10.6. The van der Waals surface area contributed by atoms with Crippen molar-refractivity contribution in [3.05, 3.63) is 87.9 Å². The van der Waals surface area contributed by atoms with Crippen molar-refractivity contribution in [2.24, 2.45) is 5.10 Å². The summed E-state index contributed by atoms with van der Waals surface area (Å²) in [6, 6.07) is 13.0. The number of hydrazone groups is 1. The molecule has 30 heavy (non-hydrogen) atoms. The number of carbonyl (C=O) groups excluding carboxylic acids is 2. The van der Waals surface area contributed by atoms with E-state index >= 15 is 0 Å². The standard InChI is InChI=1S/C20H15N3O7/c1-28-18-10-13(7-8-16(18)30-20(25)17-6-3-9-29-17)12-21-22-19(24)14-4-2-5-15(11-14)23(26)27/h2-12H,1H3,(H,22,24). The van der Waals surface area contributed by atoms with Crippen molar-refractivity contribution < 1.29 is 28.4 Å². The molecule has 1 heterocycles. The van der Waals surface area contributed by atoms with Crippen molar-refractivity contribution in [1.82, 2.24) is 5.43 Å². The number of non-ortho nitro benzene ring substituents is 1. The van der Waals surface area contributed by atoms with E-state index in [4.69, 9.17) is 13.9 Å². The quantitative estimate of drug-likeness (QED) is 0.208. The van der Waals surface area contributed by atoms with Crippen LogP contribution in [0.2, 0.25) is 0 Å². The second-order valence-corrected chi connectivity index (χ2v) is 5.78. The monoisotopic (exact) mass is 409 g/mol. The number of rotatable bonds is 7. The molecule has 0 aliphatic rings. The Morgan fingerprint density at radius 1 is 1.13 bits per heavy atom. The summed E-state index contributed by atoms with van der Waals surface area (Å²) in [5.41, 5.74) is 2.73. The molecule has 0 bridgehead atoms. The molecular weight excluding hydrogens is 394 g/mol. The van der Waals surface area contributed by atoms with Gasteiger partial charge in [0, 0.05) is 17.7 Å². The molecule has 2 aromatic carbocycles. The molecule has 0 aliphatic heterocycles. The first-order valence-corrected chi connectivity index (χ1v) is 8.49. The number of nitrogens with one attached hydrogen (secondary N) is 1. The van der Waals surface area contributed by atoms with Crippen molar-refractivity contribution in [2.45, 2.75) is 0 Å². The Morgan fingerprint density at radius 2 is 1.97 bits per heavy atom. The molecule has 10 heteroatoms. The van der Waals surface area contributed by atoms with Crippen LogP contribution in [-0.4, -0.2) is 30.1 Å². The fraction of sp³-hybridized carbons (Fsp3) is 0.0500. The molecule has 0 aliphatic carbocycles. The van der Waals surface area contributed by atoms with Gasteiger partial charge in [0.1, 0.15) is 0 Å². The van der Waals surface area contributed by atoms with E-state index in [1.807, 2.05) is 0 Å². The van der Waals surface area contributed by atoms with Crippen molar-refractivity contribution in [3.8, 4) is 11.5 Å². The van der Waals surface area contributed by atoms with Gasteiger partial charge in [0.05, 0.1) is 24.5 Å². The van der Waals surface area contributed by atoms with Crippen LogP contribution < -0.4 is 14.9 Å². The Balaban J connectivity index is 1.67. The third kappa shape index (κ3) is 4.87. The highest BCUT2D eigenvalue weighted by Gasteiger charge is 2.15. The van der Waals surface area contributed by atoms with Crippen LogP contribution in [0.3, 0.4) is 0 Å². The Morgan fingerprint density at radius 3 is 2.67 bits per heavy atom. The van der Waals surface area contributed by atoms with Crippen LogP contribution in [0.25, 0.3) is 0 Å². The van der Waals surface area contributed by atoms with E-state index in [1.54, 1.807) is 18.2 Å². The van der Waals surface area contributed by atoms with Crippen LogP contribution in [0.15, 0.2) is 70.4 Å². The van der Waals surface area contributed by atoms with E-state index in [0.29, 0.717) is 5.56 Å². The van der Waals surface area contributed by atoms with E-state index in [1.165, 1.54) is 49.9 Å². The minimum Gasteiger partial charge on any atom is -0.493 e. The number of carbonyl (C=O) groups is 2. The van der Waals surface area contributed by atoms with Gasteiger partial charge in [-0.1, -0.05) is 6.07 Å². The molecule has 0 spiro atoms. The molecule has 0 atom stereocenters. The Bertz CT molecular complexity index is 1110. The van der Waals surface area contributed by atoms with Crippen molar-refractivity contribution in [2.75, 3.05) is 7.11 Å². The van der Waals surface area contributed by atoms with Gasteiger partial charge in [-0.05, 0) is 42.0 Å². The first kappa shape index (κ1) is 20.3. The summed E-state index contributed by atoms with van der Waals surface area (Å²) in [6.07, 6.45) is 2.70. The number of furan rings is 1. The van der Waals surface area contributed by atoms with Gasteiger partial charge in [-0.25, -0.2) is 10.2 Å². The predicted molar refractivity (Wildman–Crippen MR) is 105 cm³/mol. The molecule has 0 saturated carbocycles. The topological polar surface area (TPSA) is 133 Å². The van der Waals surface area contributed by atoms with Gasteiger partial charge < -0.3 is 13.9 Å². The summed E-state index contributed by atoms with van der Waals surface area (Å²) in [7, 11) is 1.41. The maximum absolute atomic E-state index is 12.1. The van der Waals surface area contributed by atoms with Gasteiger partial charge in [0.25, 0.3) is 11.6 Å². The number of benzene rings is 2. The third-order valence-corrected chi connectivity index (χ3v) is 3.81. The molecule has 3 rings (SSSR count). The van der Waals surface area contributed by atoms with Gasteiger partial charge in [0.15, 0.2) is 11.5 Å². The van der Waals surface area contributed by atoms with E-state index < -0.39 is 16.8 Å². The van der Waals surface area contributed by atoms with Gasteiger partial charge >= 0.3 is 5.97 Å². The molecule has 0 radical (unpaired) electrons. The number of esters is 1. The summed E-state index contributed by atoms with van der Waals surface area (Å²) in [5.74, 6) is -0.790. The maximum Gasteiger partial charge on any atom is 0.379 e. The number of amides is 1. The summed E-state index contributed by atoms with van der Waals surface area (Å²) in [4.78, 5) is 34.3. The van der Waals surface area contributed by atoms with Crippen LogP contribution in [-0.2, 0) is 0 Å². The van der Waals surface area contributed by atoms with Crippen molar-refractivity contribution in [3.63, 3.8) is 0 Å². The largest absolute Gasteiger partial charge is 0.493 e. The molecule has 0 fully saturated rings. The van der Waals surface area contributed by atoms with E-state index in [-0.39, 0.29) is 28.5 Å². The zero-order valence-electron chi connectivity index (χ0n) is 15.6. The molecule has 1 N–H and O–H groups in total. The zero-order valence-corrected chi connectivity index (χ0v) is 15.6. The lowest BCUT2D eigenvalue weighted by Gasteiger charge is -2.09.